The minimum absolute atomic E-state index is 0.0186. The standard InChI is InChI=1S/C20H21N3O4/c1-14(15-5-4-8-18(24)12-15)22(2)10-9-20-21-13-19(27-20)16-6-3-7-17(11-16)23(25)26/h3-8,11-14,24H,9-10H2,1-2H3. The normalized spacial score (nSPS) is 12.3. The number of benzene rings is 2. The Kier molecular flexibility index (Phi) is 5.52. The number of rotatable bonds is 7. The molecule has 0 bridgehead atoms. The fraction of sp³-hybridized carbons (Fsp3) is 0.250. The van der Waals surface area contributed by atoms with Crippen LogP contribution in [0, 0.1) is 10.1 Å². The molecule has 7 nitrogen and oxygen atoms in total. The third kappa shape index (κ3) is 4.51. The summed E-state index contributed by atoms with van der Waals surface area (Å²) < 4.78 is 5.76. The number of aromatic nitrogens is 1. The monoisotopic (exact) mass is 367 g/mol. The highest BCUT2D eigenvalue weighted by molar-refractivity contribution is 5.60. The van der Waals surface area contributed by atoms with Crippen LogP contribution in [0.5, 0.6) is 5.75 Å². The first-order valence-corrected chi connectivity index (χ1v) is 8.63. The molecule has 1 heterocycles. The highest BCUT2D eigenvalue weighted by atomic mass is 16.6. The number of phenols is 1. The van der Waals surface area contributed by atoms with E-state index in [1.165, 1.54) is 12.1 Å². The van der Waals surface area contributed by atoms with Crippen molar-refractivity contribution in [1.29, 1.82) is 0 Å². The lowest BCUT2D eigenvalue weighted by Gasteiger charge is -2.24. The Morgan fingerprint density at radius 3 is 2.78 bits per heavy atom. The molecular formula is C20H21N3O4. The maximum Gasteiger partial charge on any atom is 0.270 e. The van der Waals surface area contributed by atoms with Gasteiger partial charge in [-0.05, 0) is 31.7 Å². The number of aromatic hydroxyl groups is 1. The van der Waals surface area contributed by atoms with Gasteiger partial charge in [0.1, 0.15) is 5.75 Å². The lowest BCUT2D eigenvalue weighted by atomic mass is 10.1. The van der Waals surface area contributed by atoms with E-state index >= 15 is 0 Å². The zero-order valence-electron chi connectivity index (χ0n) is 15.2. The molecule has 1 aromatic heterocycles. The molecule has 27 heavy (non-hydrogen) atoms. The zero-order valence-corrected chi connectivity index (χ0v) is 15.2. The van der Waals surface area contributed by atoms with Crippen molar-refractivity contribution < 1.29 is 14.4 Å². The summed E-state index contributed by atoms with van der Waals surface area (Å²) in [5, 5.41) is 20.5. The summed E-state index contributed by atoms with van der Waals surface area (Å²) in [6.45, 7) is 2.78. The summed E-state index contributed by atoms with van der Waals surface area (Å²) in [5.41, 5.74) is 1.68. The van der Waals surface area contributed by atoms with Crippen LogP contribution in [0.25, 0.3) is 11.3 Å². The second kappa shape index (κ2) is 8.01. The van der Waals surface area contributed by atoms with Gasteiger partial charge >= 0.3 is 0 Å². The van der Waals surface area contributed by atoms with Gasteiger partial charge in [0.2, 0.25) is 0 Å². The van der Waals surface area contributed by atoms with Crippen LogP contribution in [0.2, 0.25) is 0 Å². The van der Waals surface area contributed by atoms with E-state index in [0.29, 0.717) is 30.2 Å². The first kappa shape index (κ1) is 18.6. The molecule has 0 saturated carbocycles. The molecule has 0 saturated heterocycles. The van der Waals surface area contributed by atoms with Gasteiger partial charge in [-0.1, -0.05) is 24.3 Å². The van der Waals surface area contributed by atoms with Gasteiger partial charge in [0.05, 0.1) is 11.1 Å². The lowest BCUT2D eigenvalue weighted by Crippen LogP contribution is -2.24. The Bertz CT molecular complexity index is 938. The van der Waals surface area contributed by atoms with Crippen LogP contribution >= 0.6 is 0 Å². The number of oxazole rings is 1. The predicted molar refractivity (Wildman–Crippen MR) is 101 cm³/mol. The van der Waals surface area contributed by atoms with Crippen molar-refractivity contribution in [3.63, 3.8) is 0 Å². The van der Waals surface area contributed by atoms with Crippen LogP contribution in [0.1, 0.15) is 24.4 Å². The SMILES string of the molecule is CC(c1cccc(O)c1)N(C)CCc1ncc(-c2cccc([N+](=O)[O-])c2)o1. The second-order valence-corrected chi connectivity index (χ2v) is 6.43. The molecule has 1 unspecified atom stereocenters. The number of nitrogens with zero attached hydrogens (tertiary/aromatic N) is 3. The largest absolute Gasteiger partial charge is 0.508 e. The van der Waals surface area contributed by atoms with Gasteiger partial charge in [0, 0.05) is 36.7 Å². The van der Waals surface area contributed by atoms with Crippen molar-refractivity contribution in [2.75, 3.05) is 13.6 Å². The molecule has 2 aromatic carbocycles. The molecule has 1 atom stereocenters. The van der Waals surface area contributed by atoms with E-state index in [4.69, 9.17) is 4.42 Å². The maximum absolute atomic E-state index is 10.9. The minimum Gasteiger partial charge on any atom is -0.508 e. The molecule has 0 amide bonds. The van der Waals surface area contributed by atoms with E-state index in [9.17, 15) is 15.2 Å². The van der Waals surface area contributed by atoms with E-state index in [2.05, 4.69) is 16.8 Å². The zero-order chi connectivity index (χ0) is 19.4. The summed E-state index contributed by atoms with van der Waals surface area (Å²) in [6.07, 6.45) is 2.20. The van der Waals surface area contributed by atoms with Crippen LogP contribution in [0.3, 0.4) is 0 Å². The van der Waals surface area contributed by atoms with Gasteiger partial charge in [-0.25, -0.2) is 4.98 Å². The van der Waals surface area contributed by atoms with Crippen molar-refractivity contribution in [2.24, 2.45) is 0 Å². The van der Waals surface area contributed by atoms with Gasteiger partial charge in [-0.3, -0.25) is 15.0 Å². The molecule has 7 heteroatoms. The van der Waals surface area contributed by atoms with Crippen molar-refractivity contribution in [3.05, 3.63) is 76.3 Å². The Hall–Kier alpha value is -3.19. The molecule has 0 spiro atoms. The van der Waals surface area contributed by atoms with Gasteiger partial charge in [0.15, 0.2) is 11.7 Å². The molecule has 0 fully saturated rings. The number of phenolic OH excluding ortho intramolecular Hbond substituents is 1. The Labute approximate surface area is 157 Å². The van der Waals surface area contributed by atoms with E-state index in [1.807, 2.05) is 19.2 Å². The molecular weight excluding hydrogens is 346 g/mol. The first-order valence-electron chi connectivity index (χ1n) is 8.63. The molecule has 0 aliphatic heterocycles. The van der Waals surface area contributed by atoms with Gasteiger partial charge < -0.3 is 9.52 Å². The van der Waals surface area contributed by atoms with E-state index in [1.54, 1.807) is 30.5 Å². The molecule has 140 valence electrons. The van der Waals surface area contributed by atoms with Crippen LogP contribution in [-0.2, 0) is 6.42 Å². The maximum atomic E-state index is 10.9. The highest BCUT2D eigenvalue weighted by Gasteiger charge is 2.15. The fourth-order valence-corrected chi connectivity index (χ4v) is 2.84. The third-order valence-corrected chi connectivity index (χ3v) is 4.59. The topological polar surface area (TPSA) is 92.6 Å². The smallest absolute Gasteiger partial charge is 0.270 e. The Balaban J connectivity index is 1.64. The number of hydrogen-bond donors (Lipinski definition) is 1. The number of likely N-dealkylation sites (N-methyl/N-ethyl adjacent to an activating group) is 1. The van der Waals surface area contributed by atoms with Crippen molar-refractivity contribution in [1.82, 2.24) is 9.88 Å². The summed E-state index contributed by atoms with van der Waals surface area (Å²) in [4.78, 5) is 16.9. The molecule has 0 aliphatic rings. The second-order valence-electron chi connectivity index (χ2n) is 6.43. The van der Waals surface area contributed by atoms with E-state index < -0.39 is 4.92 Å². The fourth-order valence-electron chi connectivity index (χ4n) is 2.84. The third-order valence-electron chi connectivity index (χ3n) is 4.59. The summed E-state index contributed by atoms with van der Waals surface area (Å²) in [7, 11) is 2.00. The van der Waals surface area contributed by atoms with Crippen molar-refractivity contribution in [3.8, 4) is 17.1 Å². The van der Waals surface area contributed by atoms with E-state index in [0.717, 1.165) is 5.56 Å². The lowest BCUT2D eigenvalue weighted by molar-refractivity contribution is -0.384. The Morgan fingerprint density at radius 2 is 2.04 bits per heavy atom. The first-order chi connectivity index (χ1) is 12.9. The average molecular weight is 367 g/mol. The minimum atomic E-state index is -0.432. The van der Waals surface area contributed by atoms with Crippen LogP contribution in [-0.4, -0.2) is 33.5 Å². The molecule has 0 aliphatic carbocycles. The van der Waals surface area contributed by atoms with Crippen LogP contribution in [0.15, 0.2) is 59.1 Å². The van der Waals surface area contributed by atoms with Gasteiger partial charge in [0.25, 0.3) is 5.69 Å². The predicted octanol–water partition coefficient (Wildman–Crippen LogP) is 4.19. The molecule has 0 radical (unpaired) electrons. The average Bonchev–Trinajstić information content (AvgIpc) is 3.14. The van der Waals surface area contributed by atoms with E-state index in [-0.39, 0.29) is 17.5 Å². The summed E-state index contributed by atoms with van der Waals surface area (Å²) in [6, 6.07) is 13.6. The number of nitro benzene ring substituents is 1. The van der Waals surface area contributed by atoms with Crippen LogP contribution < -0.4 is 0 Å². The molecule has 3 aromatic rings. The highest BCUT2D eigenvalue weighted by Crippen LogP contribution is 2.25. The number of non-ortho nitro benzene ring substituents is 1. The van der Waals surface area contributed by atoms with Crippen molar-refractivity contribution >= 4 is 5.69 Å². The van der Waals surface area contributed by atoms with Crippen LogP contribution in [0.4, 0.5) is 5.69 Å². The van der Waals surface area contributed by atoms with Crippen molar-refractivity contribution in [2.45, 2.75) is 19.4 Å². The quantitative estimate of drug-likeness (QED) is 0.497. The number of nitro groups is 1. The van der Waals surface area contributed by atoms with Gasteiger partial charge in [-0.2, -0.15) is 0 Å². The van der Waals surface area contributed by atoms with Gasteiger partial charge in [-0.15, -0.1) is 0 Å². The summed E-state index contributed by atoms with van der Waals surface area (Å²) in [5.74, 6) is 1.34. The molecule has 1 N–H and O–H groups in total. The summed E-state index contributed by atoms with van der Waals surface area (Å²) >= 11 is 0. The molecule has 3 rings (SSSR count). The Morgan fingerprint density at radius 1 is 1.26 bits per heavy atom. The number of hydrogen-bond acceptors (Lipinski definition) is 6.